The lowest BCUT2D eigenvalue weighted by atomic mass is 9.33. The molecule has 0 N–H and O–H groups in total. The first-order valence-corrected chi connectivity index (χ1v) is 33.2. The fourth-order valence-electron chi connectivity index (χ4n) is 15.7. The summed E-state index contributed by atoms with van der Waals surface area (Å²) in [5, 5.41) is 7.46. The Kier molecular flexibility index (Phi) is 12.5. The number of aromatic nitrogens is 1. The number of hydrogen-bond acceptors (Lipinski definition) is 2. The van der Waals surface area contributed by atoms with Gasteiger partial charge in [0.05, 0.1) is 22.4 Å². The minimum absolute atomic E-state index is 0.0280. The van der Waals surface area contributed by atoms with Crippen LogP contribution in [0.5, 0.6) is 0 Å². The van der Waals surface area contributed by atoms with E-state index in [1.165, 1.54) is 116 Å². The summed E-state index contributed by atoms with van der Waals surface area (Å²) in [6.07, 6.45) is 2.39. The van der Waals surface area contributed by atoms with Crippen LogP contribution in [-0.2, 0) is 10.8 Å². The first-order chi connectivity index (χ1) is 45.9. The zero-order chi connectivity index (χ0) is 63.1. The third kappa shape index (κ3) is 8.87. The van der Waals surface area contributed by atoms with Gasteiger partial charge in [-0.1, -0.05) is 272 Å². The molecule has 0 spiro atoms. The molecule has 2 aliphatic heterocycles. The number of nitrogens with zero attached hydrogens (tertiary/aromatic N) is 3. The van der Waals surface area contributed by atoms with E-state index in [2.05, 4.69) is 359 Å². The SMILES string of the molecule is CC(C)(C)c1cc(-c2ccc3cc4c(cc3c2)B2c3ccc(-n5c6ccccc6c6ccccc65)cc3N(c3ccccc3-c3ccccc3)c3cc(-c5cccc(C6=Cc7cccc8cccc6c78)c5)cc(c32)N4c2ccccc2-c2ccccc2)cc(C(C)(C)C)c1. The summed E-state index contributed by atoms with van der Waals surface area (Å²) in [7, 11) is 0. The Labute approximate surface area is 550 Å². The van der Waals surface area contributed by atoms with Crippen molar-refractivity contribution in [3.8, 4) is 50.2 Å². The highest BCUT2D eigenvalue weighted by Gasteiger charge is 2.45. The zero-order valence-corrected chi connectivity index (χ0v) is 53.8. The van der Waals surface area contributed by atoms with Gasteiger partial charge in [-0.05, 0) is 188 Å². The van der Waals surface area contributed by atoms with Gasteiger partial charge < -0.3 is 14.4 Å². The van der Waals surface area contributed by atoms with E-state index >= 15 is 0 Å². The molecule has 0 amide bonds. The molecule has 3 nitrogen and oxygen atoms in total. The predicted octanol–water partition coefficient (Wildman–Crippen LogP) is 22.3. The number of anilines is 6. The van der Waals surface area contributed by atoms with Crippen LogP contribution in [0.1, 0.15) is 69.4 Å². The number of para-hydroxylation sites is 4. The minimum atomic E-state index is -0.185. The molecule has 0 atom stereocenters. The summed E-state index contributed by atoms with van der Waals surface area (Å²) in [5.74, 6) is 0. The summed E-state index contributed by atoms with van der Waals surface area (Å²) >= 11 is 0. The first-order valence-electron chi connectivity index (χ1n) is 33.2. The Hall–Kier alpha value is -11.2. The number of rotatable bonds is 8. The van der Waals surface area contributed by atoms with Crippen LogP contribution in [0.4, 0.5) is 34.1 Å². The maximum atomic E-state index is 2.63. The second kappa shape index (κ2) is 21.2. The molecule has 1 aromatic heterocycles. The van der Waals surface area contributed by atoms with Crippen molar-refractivity contribution in [2.75, 3.05) is 9.80 Å². The van der Waals surface area contributed by atoms with Gasteiger partial charge in [0, 0.05) is 50.3 Å². The van der Waals surface area contributed by atoms with Gasteiger partial charge in [0.1, 0.15) is 0 Å². The van der Waals surface area contributed by atoms with Crippen molar-refractivity contribution in [1.82, 2.24) is 4.57 Å². The van der Waals surface area contributed by atoms with Gasteiger partial charge in [0.25, 0.3) is 6.71 Å². The highest BCUT2D eigenvalue weighted by atomic mass is 15.2. The van der Waals surface area contributed by atoms with E-state index in [1.54, 1.807) is 0 Å². The molecule has 14 aromatic carbocycles. The van der Waals surface area contributed by atoms with E-state index in [0.29, 0.717) is 0 Å². The summed E-state index contributed by atoms with van der Waals surface area (Å²) < 4.78 is 2.48. The molecular weight excluding hydrogens is 1130 g/mol. The van der Waals surface area contributed by atoms with Crippen LogP contribution in [0.2, 0.25) is 0 Å². The minimum Gasteiger partial charge on any atom is -0.311 e. The predicted molar refractivity (Wildman–Crippen MR) is 402 cm³/mol. The summed E-state index contributed by atoms with van der Waals surface area (Å²) in [5.41, 5.74) is 31.1. The molecule has 1 aliphatic carbocycles. The normalized spacial score (nSPS) is 13.2. The average Bonchev–Trinajstić information content (AvgIpc) is 0.842. The van der Waals surface area contributed by atoms with Crippen molar-refractivity contribution in [2.24, 2.45) is 0 Å². The van der Waals surface area contributed by atoms with E-state index in [9.17, 15) is 0 Å². The van der Waals surface area contributed by atoms with Gasteiger partial charge in [-0.25, -0.2) is 0 Å². The topological polar surface area (TPSA) is 11.4 Å². The Morgan fingerprint density at radius 2 is 0.819 bits per heavy atom. The molecule has 446 valence electrons. The molecule has 15 aromatic rings. The summed E-state index contributed by atoms with van der Waals surface area (Å²) in [6, 6.07) is 113. The van der Waals surface area contributed by atoms with Crippen molar-refractivity contribution >= 4 is 112 Å². The van der Waals surface area contributed by atoms with Crippen molar-refractivity contribution in [1.29, 1.82) is 0 Å². The Bertz CT molecular complexity index is 5570. The zero-order valence-electron chi connectivity index (χ0n) is 53.8. The highest BCUT2D eigenvalue weighted by molar-refractivity contribution is 7.00. The van der Waals surface area contributed by atoms with Crippen LogP contribution in [0.25, 0.3) is 105 Å². The van der Waals surface area contributed by atoms with Gasteiger partial charge >= 0.3 is 0 Å². The molecule has 0 unspecified atom stereocenters. The average molecular weight is 1200 g/mol. The van der Waals surface area contributed by atoms with E-state index in [-0.39, 0.29) is 17.5 Å². The van der Waals surface area contributed by atoms with Crippen molar-refractivity contribution in [3.63, 3.8) is 0 Å². The Morgan fingerprint density at radius 3 is 1.46 bits per heavy atom. The van der Waals surface area contributed by atoms with E-state index in [0.717, 1.165) is 61.9 Å². The molecule has 18 rings (SSSR count). The third-order valence-corrected chi connectivity index (χ3v) is 20.3. The van der Waals surface area contributed by atoms with Crippen molar-refractivity contribution < 1.29 is 0 Å². The van der Waals surface area contributed by atoms with Crippen molar-refractivity contribution in [3.05, 3.63) is 325 Å². The number of benzene rings is 14. The second-order valence-corrected chi connectivity index (χ2v) is 28.1. The van der Waals surface area contributed by atoms with Gasteiger partial charge in [-0.3, -0.25) is 0 Å². The standard InChI is InChI=1S/C90H68BN3/c1-89(2,3)68-48-66(49-69(55-68)90(4,5)6)61-42-43-62-52-83-78(51-65(62)47-61)91-77-45-44-70(92-81-40-19-15-35-73(81)74-36-16-20-41-82(74)92)56-84(77)94(80-39-18-14-34-72(80)58-26-11-8-12-27-58)86-54-67(53-85(88(86)91)93(83)79-38-17-13-33-71(79)57-24-9-7-10-25-57)60-30-22-31-63(46-60)76-50-64-32-21-28-59-29-23-37-75(76)87(59)64/h7-56H,1-6H3. The molecular formula is C90H68BN3. The van der Waals surface area contributed by atoms with Crippen LogP contribution in [-0.4, -0.2) is 11.3 Å². The van der Waals surface area contributed by atoms with Gasteiger partial charge in [-0.2, -0.15) is 0 Å². The highest BCUT2D eigenvalue weighted by Crippen LogP contribution is 2.52. The van der Waals surface area contributed by atoms with Crippen LogP contribution < -0.4 is 26.2 Å². The fourth-order valence-corrected chi connectivity index (χ4v) is 15.7. The Morgan fingerprint density at radius 1 is 0.298 bits per heavy atom. The van der Waals surface area contributed by atoms with E-state index < -0.39 is 0 Å². The molecule has 0 saturated heterocycles. The van der Waals surface area contributed by atoms with Crippen molar-refractivity contribution in [2.45, 2.75) is 52.4 Å². The van der Waals surface area contributed by atoms with Crippen LogP contribution in [0.3, 0.4) is 0 Å². The summed E-state index contributed by atoms with van der Waals surface area (Å²) in [6.45, 7) is 13.8. The van der Waals surface area contributed by atoms with Crippen LogP contribution >= 0.6 is 0 Å². The third-order valence-electron chi connectivity index (χ3n) is 20.3. The van der Waals surface area contributed by atoms with Gasteiger partial charge in [0.2, 0.25) is 0 Å². The molecule has 94 heavy (non-hydrogen) atoms. The smallest absolute Gasteiger partial charge is 0.252 e. The summed E-state index contributed by atoms with van der Waals surface area (Å²) in [4.78, 5) is 5.26. The lowest BCUT2D eigenvalue weighted by molar-refractivity contribution is 0.569. The molecule has 3 heterocycles. The second-order valence-electron chi connectivity index (χ2n) is 28.1. The van der Waals surface area contributed by atoms with Gasteiger partial charge in [0.15, 0.2) is 0 Å². The molecule has 0 saturated carbocycles. The fraction of sp³-hybridized carbons (Fsp3) is 0.0889. The van der Waals surface area contributed by atoms with E-state index in [4.69, 9.17) is 0 Å². The van der Waals surface area contributed by atoms with E-state index in [1.807, 2.05) is 0 Å². The molecule has 4 heteroatoms. The number of fused-ring (bicyclic) bond motifs is 8. The van der Waals surface area contributed by atoms with Gasteiger partial charge in [-0.15, -0.1) is 0 Å². The monoisotopic (exact) mass is 1200 g/mol. The molecule has 0 fully saturated rings. The van der Waals surface area contributed by atoms with Crippen LogP contribution in [0, 0.1) is 0 Å². The molecule has 0 radical (unpaired) electrons. The van der Waals surface area contributed by atoms with Crippen LogP contribution in [0.15, 0.2) is 297 Å². The number of hydrogen-bond donors (Lipinski definition) is 0. The molecule has 0 bridgehead atoms. The molecule has 3 aliphatic rings. The first kappa shape index (κ1) is 55.6. The maximum Gasteiger partial charge on any atom is 0.252 e. The quantitative estimate of drug-likeness (QED) is 0.141. The lowest BCUT2D eigenvalue weighted by Crippen LogP contribution is -2.61. The largest absolute Gasteiger partial charge is 0.311 e. The lowest BCUT2D eigenvalue weighted by Gasteiger charge is -2.45. The maximum absolute atomic E-state index is 2.63. The Balaban J connectivity index is 0.954.